The van der Waals surface area contributed by atoms with Gasteiger partial charge in [0.05, 0.1) is 12.7 Å². The molecule has 118 valence electrons. The van der Waals surface area contributed by atoms with Gasteiger partial charge in [0.1, 0.15) is 18.5 Å². The average Bonchev–Trinajstić information content (AvgIpc) is 3.03. The van der Waals surface area contributed by atoms with Crippen LogP contribution in [-0.4, -0.2) is 33.9 Å². The summed E-state index contributed by atoms with van der Waals surface area (Å²) in [6, 6.07) is 9.63. The van der Waals surface area contributed by atoms with Gasteiger partial charge in [0.15, 0.2) is 17.1 Å². The Hall–Kier alpha value is -2.76. The first-order valence-corrected chi connectivity index (χ1v) is 7.65. The molecule has 1 unspecified atom stereocenters. The molecule has 23 heavy (non-hydrogen) atoms. The summed E-state index contributed by atoms with van der Waals surface area (Å²) < 4.78 is 13.6. The van der Waals surface area contributed by atoms with Crippen LogP contribution in [0.3, 0.4) is 0 Å². The number of nitrogens with zero attached hydrogens (tertiary/aromatic N) is 3. The Bertz CT molecular complexity index is 859. The highest BCUT2D eigenvalue weighted by Crippen LogP contribution is 2.31. The number of benzene rings is 1. The molecular formula is C17H18N4O2. The fourth-order valence-electron chi connectivity index (χ4n) is 2.72. The monoisotopic (exact) mass is 310 g/mol. The summed E-state index contributed by atoms with van der Waals surface area (Å²) in [5.74, 6) is 2.53. The zero-order valence-electron chi connectivity index (χ0n) is 13.1. The van der Waals surface area contributed by atoms with Gasteiger partial charge < -0.3 is 14.8 Å². The van der Waals surface area contributed by atoms with Gasteiger partial charge in [0, 0.05) is 17.3 Å². The van der Waals surface area contributed by atoms with Crippen molar-refractivity contribution >= 4 is 11.5 Å². The Morgan fingerprint density at radius 1 is 1.22 bits per heavy atom. The molecule has 0 bridgehead atoms. The second kappa shape index (κ2) is 5.46. The van der Waals surface area contributed by atoms with E-state index in [0.717, 1.165) is 34.2 Å². The van der Waals surface area contributed by atoms with Crippen LogP contribution in [0.15, 0.2) is 36.5 Å². The highest BCUT2D eigenvalue weighted by atomic mass is 16.6. The number of ether oxygens (including phenoxy) is 2. The second-order valence-corrected chi connectivity index (χ2v) is 5.65. The zero-order chi connectivity index (χ0) is 15.8. The maximum Gasteiger partial charge on any atom is 0.161 e. The van der Waals surface area contributed by atoms with E-state index in [9.17, 15) is 0 Å². The molecule has 0 saturated heterocycles. The number of rotatable bonds is 3. The summed E-state index contributed by atoms with van der Waals surface area (Å²) in [5.41, 5.74) is 2.91. The molecule has 1 N–H and O–H groups in total. The Morgan fingerprint density at radius 3 is 2.91 bits per heavy atom. The Kier molecular flexibility index (Phi) is 3.29. The molecule has 0 aliphatic carbocycles. The molecule has 6 nitrogen and oxygen atoms in total. The van der Waals surface area contributed by atoms with E-state index >= 15 is 0 Å². The lowest BCUT2D eigenvalue weighted by Crippen LogP contribution is -2.35. The van der Waals surface area contributed by atoms with Gasteiger partial charge >= 0.3 is 0 Å². The lowest BCUT2D eigenvalue weighted by atomic mass is 10.2. The second-order valence-electron chi connectivity index (χ2n) is 5.65. The highest BCUT2D eigenvalue weighted by molar-refractivity contribution is 5.54. The topological polar surface area (TPSA) is 60.7 Å². The number of nitrogens with one attached hydrogen (secondary N) is 1. The van der Waals surface area contributed by atoms with Crippen LogP contribution >= 0.6 is 0 Å². The van der Waals surface area contributed by atoms with E-state index in [1.165, 1.54) is 0 Å². The Morgan fingerprint density at radius 2 is 2.04 bits per heavy atom. The van der Waals surface area contributed by atoms with Crippen molar-refractivity contribution in [3.63, 3.8) is 0 Å². The SMILES string of the molecule is Cc1nc2ccnn2c(NCC2COc3ccccc3O2)c1C. The van der Waals surface area contributed by atoms with Gasteiger partial charge in [-0.25, -0.2) is 4.98 Å². The Balaban J connectivity index is 1.54. The molecule has 0 spiro atoms. The third-order valence-electron chi connectivity index (χ3n) is 4.08. The van der Waals surface area contributed by atoms with Crippen molar-refractivity contribution in [2.75, 3.05) is 18.5 Å². The number of aryl methyl sites for hydroxylation is 1. The molecule has 6 heteroatoms. The van der Waals surface area contributed by atoms with Gasteiger partial charge in [-0.3, -0.25) is 0 Å². The van der Waals surface area contributed by atoms with Gasteiger partial charge in [0.25, 0.3) is 0 Å². The molecule has 3 aromatic rings. The number of anilines is 1. The molecule has 4 rings (SSSR count). The van der Waals surface area contributed by atoms with Crippen LogP contribution < -0.4 is 14.8 Å². The van der Waals surface area contributed by atoms with Gasteiger partial charge in [0.2, 0.25) is 0 Å². The van der Waals surface area contributed by atoms with Crippen LogP contribution in [-0.2, 0) is 0 Å². The largest absolute Gasteiger partial charge is 0.486 e. The van der Waals surface area contributed by atoms with Crippen molar-refractivity contribution in [1.82, 2.24) is 14.6 Å². The van der Waals surface area contributed by atoms with Crippen molar-refractivity contribution in [3.8, 4) is 11.5 Å². The minimum atomic E-state index is -0.0524. The summed E-state index contributed by atoms with van der Waals surface area (Å²) >= 11 is 0. The molecule has 1 aromatic carbocycles. The third-order valence-corrected chi connectivity index (χ3v) is 4.08. The molecule has 1 aliphatic heterocycles. The van der Waals surface area contributed by atoms with Crippen molar-refractivity contribution in [3.05, 3.63) is 47.8 Å². The fourth-order valence-corrected chi connectivity index (χ4v) is 2.72. The van der Waals surface area contributed by atoms with E-state index < -0.39 is 0 Å². The van der Waals surface area contributed by atoms with E-state index in [1.807, 2.05) is 48.7 Å². The highest BCUT2D eigenvalue weighted by Gasteiger charge is 2.21. The quantitative estimate of drug-likeness (QED) is 0.806. The maximum absolute atomic E-state index is 5.98. The third kappa shape index (κ3) is 2.46. The summed E-state index contributed by atoms with van der Waals surface area (Å²) in [4.78, 5) is 4.52. The smallest absolute Gasteiger partial charge is 0.161 e. The van der Waals surface area contributed by atoms with Gasteiger partial charge in [-0.2, -0.15) is 9.61 Å². The van der Waals surface area contributed by atoms with Crippen molar-refractivity contribution in [2.24, 2.45) is 0 Å². The van der Waals surface area contributed by atoms with Crippen molar-refractivity contribution < 1.29 is 9.47 Å². The van der Waals surface area contributed by atoms with Gasteiger partial charge in [-0.05, 0) is 26.0 Å². The van der Waals surface area contributed by atoms with E-state index in [2.05, 4.69) is 15.4 Å². The number of para-hydroxylation sites is 2. The van der Waals surface area contributed by atoms with Crippen LogP contribution in [0.1, 0.15) is 11.3 Å². The van der Waals surface area contributed by atoms with Crippen LogP contribution in [0, 0.1) is 13.8 Å². The molecule has 1 aliphatic rings. The number of hydrogen-bond acceptors (Lipinski definition) is 5. The van der Waals surface area contributed by atoms with Crippen LogP contribution in [0.2, 0.25) is 0 Å². The van der Waals surface area contributed by atoms with Gasteiger partial charge in [-0.15, -0.1) is 0 Å². The summed E-state index contributed by atoms with van der Waals surface area (Å²) in [6.07, 6.45) is 1.70. The molecule has 3 heterocycles. The van der Waals surface area contributed by atoms with Crippen LogP contribution in [0.25, 0.3) is 5.65 Å². The predicted octanol–water partition coefficient (Wildman–Crippen LogP) is 2.60. The van der Waals surface area contributed by atoms with E-state index in [0.29, 0.717) is 13.2 Å². The lowest BCUT2D eigenvalue weighted by Gasteiger charge is -2.27. The first kappa shape index (κ1) is 13.9. The first-order chi connectivity index (χ1) is 11.2. The maximum atomic E-state index is 5.98. The van der Waals surface area contributed by atoms with Crippen molar-refractivity contribution in [1.29, 1.82) is 0 Å². The molecular weight excluding hydrogens is 292 g/mol. The fraction of sp³-hybridized carbons (Fsp3) is 0.294. The van der Waals surface area contributed by atoms with E-state index in [4.69, 9.17) is 9.47 Å². The average molecular weight is 310 g/mol. The molecule has 0 radical (unpaired) electrons. The minimum Gasteiger partial charge on any atom is -0.486 e. The normalized spacial score (nSPS) is 16.5. The summed E-state index contributed by atoms with van der Waals surface area (Å²) in [7, 11) is 0. The number of fused-ring (bicyclic) bond motifs is 2. The van der Waals surface area contributed by atoms with E-state index in [1.54, 1.807) is 6.20 Å². The van der Waals surface area contributed by atoms with Crippen molar-refractivity contribution in [2.45, 2.75) is 20.0 Å². The molecule has 2 aromatic heterocycles. The molecule has 0 fully saturated rings. The first-order valence-electron chi connectivity index (χ1n) is 7.65. The van der Waals surface area contributed by atoms with Gasteiger partial charge in [-0.1, -0.05) is 12.1 Å². The van der Waals surface area contributed by atoms with Crippen LogP contribution in [0.5, 0.6) is 11.5 Å². The minimum absolute atomic E-state index is 0.0524. The summed E-state index contributed by atoms with van der Waals surface area (Å²) in [6.45, 7) is 5.20. The molecule has 1 atom stereocenters. The predicted molar refractivity (Wildman–Crippen MR) is 87.3 cm³/mol. The van der Waals surface area contributed by atoms with Crippen LogP contribution in [0.4, 0.5) is 5.82 Å². The number of aromatic nitrogens is 3. The van der Waals surface area contributed by atoms with E-state index in [-0.39, 0.29) is 6.10 Å². The Labute approximate surface area is 134 Å². The molecule has 0 saturated carbocycles. The molecule has 0 amide bonds. The standard InChI is InChI=1S/C17H18N4O2/c1-11-12(2)20-16-7-8-19-21(16)17(11)18-9-13-10-22-14-5-3-4-6-15(14)23-13/h3-8,13,18H,9-10H2,1-2H3. The summed E-state index contributed by atoms with van der Waals surface area (Å²) in [5, 5.41) is 7.78. The lowest BCUT2D eigenvalue weighted by molar-refractivity contribution is 0.0996. The number of hydrogen-bond donors (Lipinski definition) is 1. The zero-order valence-corrected chi connectivity index (χ0v) is 13.1.